The number of aromatic amines is 1. The van der Waals surface area contributed by atoms with Gasteiger partial charge in [-0.3, -0.25) is 9.69 Å². The molecule has 0 radical (unpaired) electrons. The maximum atomic E-state index is 12.4. The largest absolute Gasteiger partial charge is 0.373 e. The number of aromatic nitrogens is 3. The van der Waals surface area contributed by atoms with E-state index in [4.69, 9.17) is 4.98 Å². The van der Waals surface area contributed by atoms with E-state index in [0.717, 1.165) is 57.9 Å². The SMILES string of the molecule is C=CC(=O)NC1=CC(c2cnc3[nH]cc(-c4ccnc(NC)c4)c3c2)=CC(=C)N1CCN(CCC(C)CC)C(C)C. The minimum Gasteiger partial charge on any atom is -0.373 e. The third-order valence-electron chi connectivity index (χ3n) is 7.83. The molecule has 3 N–H and O–H groups in total. The highest BCUT2D eigenvalue weighted by molar-refractivity contribution is 5.96. The average Bonchev–Trinajstić information content (AvgIpc) is 3.41. The van der Waals surface area contributed by atoms with Gasteiger partial charge in [-0.25, -0.2) is 9.97 Å². The highest BCUT2D eigenvalue weighted by Gasteiger charge is 2.22. The van der Waals surface area contributed by atoms with Crippen molar-refractivity contribution in [1.82, 2.24) is 30.1 Å². The van der Waals surface area contributed by atoms with Crippen molar-refractivity contribution in [2.24, 2.45) is 5.92 Å². The average molecular weight is 554 g/mol. The smallest absolute Gasteiger partial charge is 0.248 e. The lowest BCUT2D eigenvalue weighted by Crippen LogP contribution is -2.42. The highest BCUT2D eigenvalue weighted by atomic mass is 16.1. The van der Waals surface area contributed by atoms with E-state index < -0.39 is 0 Å². The molecule has 0 aromatic carbocycles. The van der Waals surface area contributed by atoms with Crippen molar-refractivity contribution in [2.45, 2.75) is 46.6 Å². The van der Waals surface area contributed by atoms with E-state index in [0.29, 0.717) is 24.3 Å². The van der Waals surface area contributed by atoms with E-state index in [9.17, 15) is 4.79 Å². The van der Waals surface area contributed by atoms with Gasteiger partial charge in [-0.1, -0.05) is 33.4 Å². The van der Waals surface area contributed by atoms with Crippen molar-refractivity contribution in [3.05, 3.63) is 85.3 Å². The molecule has 1 unspecified atom stereocenters. The predicted octanol–water partition coefficient (Wildman–Crippen LogP) is 6.17. The summed E-state index contributed by atoms with van der Waals surface area (Å²) in [7, 11) is 1.86. The number of allylic oxidation sites excluding steroid dienone is 3. The first-order chi connectivity index (χ1) is 19.7. The van der Waals surface area contributed by atoms with Crippen molar-refractivity contribution in [3.8, 4) is 11.1 Å². The van der Waals surface area contributed by atoms with Gasteiger partial charge in [-0.15, -0.1) is 0 Å². The number of nitrogens with zero attached hydrogens (tertiary/aromatic N) is 4. The Hall–Kier alpha value is -4.17. The summed E-state index contributed by atoms with van der Waals surface area (Å²) >= 11 is 0. The minimum atomic E-state index is -0.257. The third kappa shape index (κ3) is 7.13. The Morgan fingerprint density at radius 2 is 1.98 bits per heavy atom. The predicted molar refractivity (Wildman–Crippen MR) is 170 cm³/mol. The van der Waals surface area contributed by atoms with Gasteiger partial charge in [0.25, 0.3) is 0 Å². The molecule has 1 aliphatic rings. The van der Waals surface area contributed by atoms with Crippen molar-refractivity contribution in [2.75, 3.05) is 32.0 Å². The van der Waals surface area contributed by atoms with Crippen molar-refractivity contribution in [3.63, 3.8) is 0 Å². The molecule has 0 fully saturated rings. The third-order valence-corrected chi connectivity index (χ3v) is 7.83. The number of amides is 1. The Balaban J connectivity index is 1.62. The number of carbonyl (C=O) groups is 1. The van der Waals surface area contributed by atoms with E-state index in [1.165, 1.54) is 18.9 Å². The number of hydrogen-bond donors (Lipinski definition) is 3. The number of pyridine rings is 2. The minimum absolute atomic E-state index is 0.257. The molecule has 0 spiro atoms. The number of rotatable bonds is 13. The van der Waals surface area contributed by atoms with Crippen LogP contribution in [0.15, 0.2) is 79.7 Å². The maximum absolute atomic E-state index is 12.4. The number of H-pyrrole nitrogens is 1. The Kier molecular flexibility index (Phi) is 9.78. The Morgan fingerprint density at radius 1 is 1.17 bits per heavy atom. The molecule has 1 amide bonds. The molecule has 8 heteroatoms. The number of hydrogen-bond acceptors (Lipinski definition) is 6. The van der Waals surface area contributed by atoms with Crippen LogP contribution in [0.5, 0.6) is 0 Å². The first kappa shape index (κ1) is 29.8. The van der Waals surface area contributed by atoms with E-state index >= 15 is 0 Å². The van der Waals surface area contributed by atoms with Crippen LogP contribution < -0.4 is 10.6 Å². The Labute approximate surface area is 243 Å². The molecule has 0 saturated carbocycles. The standard InChI is InChI=1S/C33H43N7O/c1-8-23(5)11-13-39(22(3)4)14-15-40-24(6)16-26(19-31(40)38-32(41)9-2)27-17-28-29(21-37-33(28)36-20-27)25-10-12-35-30(18-25)34-7/h9-10,12,16-23H,2,6,8,11,13-15H2,1,3-5,7H3,(H,34,35)(H,36,37)(H,38,41). The van der Waals surface area contributed by atoms with E-state index in [-0.39, 0.29) is 5.91 Å². The summed E-state index contributed by atoms with van der Waals surface area (Å²) < 4.78 is 0. The lowest BCUT2D eigenvalue weighted by atomic mass is 10.00. The summed E-state index contributed by atoms with van der Waals surface area (Å²) in [5, 5.41) is 7.12. The zero-order chi connectivity index (χ0) is 29.5. The molecular formula is C33H43N7O. The number of anilines is 1. The van der Waals surface area contributed by atoms with Gasteiger partial charge in [0, 0.05) is 67.0 Å². The van der Waals surface area contributed by atoms with Crippen LogP contribution in [0.4, 0.5) is 5.82 Å². The van der Waals surface area contributed by atoms with Crippen molar-refractivity contribution in [1.29, 1.82) is 0 Å². The monoisotopic (exact) mass is 553 g/mol. The van der Waals surface area contributed by atoms with Crippen LogP contribution in [0, 0.1) is 5.92 Å². The summed E-state index contributed by atoms with van der Waals surface area (Å²) in [6.45, 7) is 19.7. The molecule has 8 nitrogen and oxygen atoms in total. The van der Waals surface area contributed by atoms with Gasteiger partial charge < -0.3 is 20.5 Å². The van der Waals surface area contributed by atoms with Crippen LogP contribution in [-0.2, 0) is 4.79 Å². The van der Waals surface area contributed by atoms with Gasteiger partial charge in [-0.2, -0.15) is 0 Å². The fourth-order valence-electron chi connectivity index (χ4n) is 4.97. The van der Waals surface area contributed by atoms with Crippen LogP contribution in [0.1, 0.15) is 46.1 Å². The normalized spacial score (nSPS) is 14.3. The second-order valence-corrected chi connectivity index (χ2v) is 10.9. The molecule has 3 aromatic rings. The van der Waals surface area contributed by atoms with Gasteiger partial charge in [0.15, 0.2) is 0 Å². The summed E-state index contributed by atoms with van der Waals surface area (Å²) in [6.07, 6.45) is 13.3. The second-order valence-electron chi connectivity index (χ2n) is 10.9. The van der Waals surface area contributed by atoms with Gasteiger partial charge in [-0.05, 0) is 80.3 Å². The van der Waals surface area contributed by atoms with Gasteiger partial charge in [0.1, 0.15) is 17.3 Å². The number of carbonyl (C=O) groups excluding carboxylic acids is 1. The fourth-order valence-corrected chi connectivity index (χ4v) is 4.97. The molecule has 4 heterocycles. The van der Waals surface area contributed by atoms with Crippen LogP contribution >= 0.6 is 0 Å². The first-order valence-electron chi connectivity index (χ1n) is 14.4. The van der Waals surface area contributed by atoms with Crippen LogP contribution in [0.25, 0.3) is 27.7 Å². The molecule has 216 valence electrons. The molecule has 0 aliphatic carbocycles. The molecule has 4 rings (SSSR count). The maximum Gasteiger partial charge on any atom is 0.248 e. The van der Waals surface area contributed by atoms with E-state index in [1.807, 2.05) is 37.7 Å². The van der Waals surface area contributed by atoms with Gasteiger partial charge in [0.05, 0.1) is 0 Å². The zero-order valence-corrected chi connectivity index (χ0v) is 25.0. The Morgan fingerprint density at radius 3 is 2.68 bits per heavy atom. The number of fused-ring (bicyclic) bond motifs is 1. The molecule has 41 heavy (non-hydrogen) atoms. The molecule has 3 aromatic heterocycles. The summed E-state index contributed by atoms with van der Waals surface area (Å²) in [5.74, 6) is 1.93. The molecule has 0 saturated heterocycles. The molecule has 1 aliphatic heterocycles. The molecule has 0 bridgehead atoms. The summed E-state index contributed by atoms with van der Waals surface area (Å²) in [5.41, 5.74) is 5.56. The first-order valence-corrected chi connectivity index (χ1v) is 14.4. The molecular weight excluding hydrogens is 510 g/mol. The summed E-state index contributed by atoms with van der Waals surface area (Å²) in [4.78, 5) is 29.3. The van der Waals surface area contributed by atoms with Gasteiger partial charge in [0.2, 0.25) is 5.91 Å². The second kappa shape index (κ2) is 13.5. The molecule has 1 atom stereocenters. The quantitative estimate of drug-likeness (QED) is 0.219. The fraction of sp³-hybridized carbons (Fsp3) is 0.364. The van der Waals surface area contributed by atoms with Crippen LogP contribution in [-0.4, -0.2) is 63.4 Å². The number of nitrogens with one attached hydrogen (secondary N) is 3. The van der Waals surface area contributed by atoms with Crippen molar-refractivity contribution >= 4 is 28.3 Å². The Bertz CT molecular complexity index is 1470. The lowest BCUT2D eigenvalue weighted by molar-refractivity contribution is -0.116. The van der Waals surface area contributed by atoms with Crippen LogP contribution in [0.3, 0.4) is 0 Å². The van der Waals surface area contributed by atoms with E-state index in [2.05, 4.69) is 83.4 Å². The zero-order valence-electron chi connectivity index (χ0n) is 25.0. The van der Waals surface area contributed by atoms with E-state index in [1.54, 1.807) is 6.20 Å². The highest BCUT2D eigenvalue weighted by Crippen LogP contribution is 2.33. The topological polar surface area (TPSA) is 89.2 Å². The van der Waals surface area contributed by atoms with Crippen LogP contribution in [0.2, 0.25) is 0 Å². The lowest BCUT2D eigenvalue weighted by Gasteiger charge is -2.35. The van der Waals surface area contributed by atoms with Crippen molar-refractivity contribution < 1.29 is 4.79 Å². The van der Waals surface area contributed by atoms with Gasteiger partial charge >= 0.3 is 0 Å². The summed E-state index contributed by atoms with van der Waals surface area (Å²) in [6, 6.07) is 6.56.